The zero-order valence-corrected chi connectivity index (χ0v) is 17.4. The number of methoxy groups -OCH3 is 2. The lowest BCUT2D eigenvalue weighted by Crippen LogP contribution is -2.21. The summed E-state index contributed by atoms with van der Waals surface area (Å²) in [6.45, 7) is 4.14. The van der Waals surface area contributed by atoms with E-state index in [2.05, 4.69) is 24.5 Å². The first kappa shape index (κ1) is 20.7. The Balaban J connectivity index is 1.67. The van der Waals surface area contributed by atoms with E-state index in [1.54, 1.807) is 32.4 Å². The second kappa shape index (κ2) is 8.99. The van der Waals surface area contributed by atoms with Crippen LogP contribution in [-0.2, 0) is 22.4 Å². The first-order valence-electron chi connectivity index (χ1n) is 9.96. The Morgan fingerprint density at radius 3 is 2.10 bits per heavy atom. The summed E-state index contributed by atoms with van der Waals surface area (Å²) >= 11 is 0. The van der Waals surface area contributed by atoms with Crippen LogP contribution in [0.25, 0.3) is 0 Å². The molecule has 0 saturated heterocycles. The van der Waals surface area contributed by atoms with Gasteiger partial charge in [-0.1, -0.05) is 32.0 Å². The molecule has 0 heterocycles. The number of amides is 2. The molecule has 2 aromatic rings. The van der Waals surface area contributed by atoms with E-state index in [1.165, 1.54) is 0 Å². The van der Waals surface area contributed by atoms with E-state index < -0.39 is 0 Å². The van der Waals surface area contributed by atoms with Crippen LogP contribution in [0.5, 0.6) is 11.5 Å². The number of carbonyl (C=O) groups excluding carboxylic acids is 2. The average Bonchev–Trinajstić information content (AvgIpc) is 3.55. The van der Waals surface area contributed by atoms with Crippen molar-refractivity contribution in [3.63, 3.8) is 0 Å². The van der Waals surface area contributed by atoms with Gasteiger partial charge in [0, 0.05) is 11.8 Å². The molecule has 2 N–H and O–H groups in total. The molecule has 2 atom stereocenters. The number of hydrogen-bond donors (Lipinski definition) is 2. The van der Waals surface area contributed by atoms with E-state index in [0.29, 0.717) is 23.6 Å². The minimum atomic E-state index is -0.343. The first-order chi connectivity index (χ1) is 14.0. The molecule has 1 fully saturated rings. The molecule has 0 radical (unpaired) electrons. The monoisotopic (exact) mass is 396 g/mol. The van der Waals surface area contributed by atoms with Gasteiger partial charge in [0.15, 0.2) is 0 Å². The van der Waals surface area contributed by atoms with E-state index in [0.717, 1.165) is 29.7 Å². The fourth-order valence-electron chi connectivity index (χ4n) is 3.53. The molecule has 0 aliphatic heterocycles. The molecule has 2 aromatic carbocycles. The summed E-state index contributed by atoms with van der Waals surface area (Å²) in [6.07, 6.45) is 2.22. The molecule has 2 unspecified atom stereocenters. The highest BCUT2D eigenvalue weighted by Crippen LogP contribution is 2.41. The minimum absolute atomic E-state index is 0.0987. The zero-order valence-electron chi connectivity index (χ0n) is 17.4. The number of aryl methyl sites for hydroxylation is 2. The maximum absolute atomic E-state index is 12.8. The van der Waals surface area contributed by atoms with Crippen LogP contribution < -0.4 is 20.1 Å². The molecule has 6 heteroatoms. The van der Waals surface area contributed by atoms with E-state index in [-0.39, 0.29) is 23.7 Å². The van der Waals surface area contributed by atoms with Gasteiger partial charge in [0.1, 0.15) is 11.5 Å². The third-order valence-corrected chi connectivity index (χ3v) is 5.38. The van der Waals surface area contributed by atoms with Crippen molar-refractivity contribution in [1.82, 2.24) is 0 Å². The number of anilines is 2. The van der Waals surface area contributed by atoms with Crippen LogP contribution in [0.2, 0.25) is 0 Å². The Morgan fingerprint density at radius 2 is 1.55 bits per heavy atom. The van der Waals surface area contributed by atoms with E-state index in [1.807, 2.05) is 18.2 Å². The van der Waals surface area contributed by atoms with Gasteiger partial charge < -0.3 is 20.1 Å². The summed E-state index contributed by atoms with van der Waals surface area (Å²) < 4.78 is 10.5. The Hall–Kier alpha value is -3.02. The average molecular weight is 396 g/mol. The molecule has 1 aliphatic carbocycles. The number of nitrogens with one attached hydrogen (secondary N) is 2. The van der Waals surface area contributed by atoms with E-state index in [9.17, 15) is 9.59 Å². The van der Waals surface area contributed by atoms with Gasteiger partial charge in [-0.25, -0.2) is 0 Å². The molecule has 2 amide bonds. The number of rotatable bonds is 8. The van der Waals surface area contributed by atoms with Crippen LogP contribution in [0.1, 0.15) is 31.4 Å². The van der Waals surface area contributed by atoms with Crippen LogP contribution in [0, 0.1) is 11.8 Å². The second-order valence-electron chi connectivity index (χ2n) is 7.15. The lowest BCUT2D eigenvalue weighted by Gasteiger charge is -2.14. The fourth-order valence-corrected chi connectivity index (χ4v) is 3.53. The lowest BCUT2D eigenvalue weighted by molar-refractivity contribution is -0.122. The molecule has 0 aromatic heterocycles. The van der Waals surface area contributed by atoms with E-state index in [4.69, 9.17) is 9.47 Å². The highest BCUT2D eigenvalue weighted by atomic mass is 16.5. The summed E-state index contributed by atoms with van der Waals surface area (Å²) in [4.78, 5) is 25.4. The quantitative estimate of drug-likeness (QED) is 0.706. The molecule has 3 rings (SSSR count). The summed E-state index contributed by atoms with van der Waals surface area (Å²) in [5.74, 6) is 0.222. The number of para-hydroxylation sites is 1. The topological polar surface area (TPSA) is 76.7 Å². The summed E-state index contributed by atoms with van der Waals surface area (Å²) in [6, 6.07) is 11.3. The van der Waals surface area contributed by atoms with Crippen molar-refractivity contribution in [2.24, 2.45) is 11.8 Å². The Kier molecular flexibility index (Phi) is 6.42. The van der Waals surface area contributed by atoms with Gasteiger partial charge in [-0.15, -0.1) is 0 Å². The number of carbonyl (C=O) groups is 2. The Labute approximate surface area is 171 Å². The first-order valence-corrected chi connectivity index (χ1v) is 9.96. The molecular formula is C23H28N2O4. The molecule has 0 spiro atoms. The zero-order chi connectivity index (χ0) is 21.0. The van der Waals surface area contributed by atoms with Gasteiger partial charge in [0.2, 0.25) is 11.8 Å². The normalized spacial score (nSPS) is 17.4. The summed E-state index contributed by atoms with van der Waals surface area (Å²) in [5, 5.41) is 5.94. The maximum Gasteiger partial charge on any atom is 0.228 e. The molecule has 29 heavy (non-hydrogen) atoms. The molecule has 154 valence electrons. The van der Waals surface area contributed by atoms with Gasteiger partial charge in [0.25, 0.3) is 0 Å². The summed E-state index contributed by atoms with van der Waals surface area (Å²) in [7, 11) is 3.11. The van der Waals surface area contributed by atoms with Crippen molar-refractivity contribution >= 4 is 23.2 Å². The van der Waals surface area contributed by atoms with Crippen molar-refractivity contribution < 1.29 is 19.1 Å². The Bertz CT molecular complexity index is 887. The lowest BCUT2D eigenvalue weighted by atomic mass is 10.0. The smallest absolute Gasteiger partial charge is 0.228 e. The van der Waals surface area contributed by atoms with Crippen molar-refractivity contribution in [3.8, 4) is 11.5 Å². The minimum Gasteiger partial charge on any atom is -0.497 e. The molecule has 1 aliphatic rings. The van der Waals surface area contributed by atoms with Crippen LogP contribution in [0.4, 0.5) is 11.4 Å². The number of hydrogen-bond acceptors (Lipinski definition) is 4. The van der Waals surface area contributed by atoms with Gasteiger partial charge in [-0.05, 0) is 42.5 Å². The maximum atomic E-state index is 12.8. The number of benzene rings is 2. The molecule has 0 bridgehead atoms. The molecule has 6 nitrogen and oxygen atoms in total. The third kappa shape index (κ3) is 4.53. The van der Waals surface area contributed by atoms with Crippen molar-refractivity contribution in [3.05, 3.63) is 47.5 Å². The second-order valence-corrected chi connectivity index (χ2v) is 7.15. The number of ether oxygens (including phenoxy) is 2. The van der Waals surface area contributed by atoms with Crippen LogP contribution >= 0.6 is 0 Å². The van der Waals surface area contributed by atoms with Gasteiger partial charge in [-0.3, -0.25) is 9.59 Å². The molecular weight excluding hydrogens is 368 g/mol. The van der Waals surface area contributed by atoms with Crippen LogP contribution in [0.15, 0.2) is 36.4 Å². The third-order valence-electron chi connectivity index (χ3n) is 5.38. The fraction of sp³-hybridized carbons (Fsp3) is 0.391. The highest BCUT2D eigenvalue weighted by Gasteiger charge is 2.48. The largest absolute Gasteiger partial charge is 0.497 e. The van der Waals surface area contributed by atoms with Crippen molar-refractivity contribution in [2.45, 2.75) is 33.1 Å². The van der Waals surface area contributed by atoms with Gasteiger partial charge in [0.05, 0.1) is 31.7 Å². The highest BCUT2D eigenvalue weighted by molar-refractivity contribution is 6.04. The van der Waals surface area contributed by atoms with Crippen molar-refractivity contribution in [2.75, 3.05) is 24.9 Å². The van der Waals surface area contributed by atoms with E-state index >= 15 is 0 Å². The predicted molar refractivity (Wildman–Crippen MR) is 114 cm³/mol. The van der Waals surface area contributed by atoms with Crippen LogP contribution in [0.3, 0.4) is 0 Å². The Morgan fingerprint density at radius 1 is 0.931 bits per heavy atom. The standard InChI is InChI=1S/C23H28N2O4/c1-5-14-8-7-9-15(6-2)21(14)25-23(27)18-13-17(18)22(26)24-19-12-16(28-3)10-11-20(19)29-4/h7-12,17-18H,5-6,13H2,1-4H3,(H,24,26)(H,25,27). The SMILES string of the molecule is CCc1cccc(CC)c1NC(=O)C1CC1C(=O)Nc1cc(OC)ccc1OC. The summed E-state index contributed by atoms with van der Waals surface area (Å²) in [5.41, 5.74) is 3.65. The van der Waals surface area contributed by atoms with Gasteiger partial charge >= 0.3 is 0 Å². The van der Waals surface area contributed by atoms with Crippen molar-refractivity contribution in [1.29, 1.82) is 0 Å². The molecule has 1 saturated carbocycles. The predicted octanol–water partition coefficient (Wildman–Crippen LogP) is 4.04. The van der Waals surface area contributed by atoms with Crippen LogP contribution in [-0.4, -0.2) is 26.0 Å². The van der Waals surface area contributed by atoms with Gasteiger partial charge in [-0.2, -0.15) is 0 Å².